The number of aliphatic hydroxyl groups excluding tert-OH is 2. The first-order valence-corrected chi connectivity index (χ1v) is 12.3. The Labute approximate surface area is 205 Å². The maximum atomic E-state index is 13.1. The molecule has 0 aliphatic carbocycles. The molecular weight excluding hydrogens is 438 g/mol. The van der Waals surface area contributed by atoms with Crippen molar-refractivity contribution in [2.75, 3.05) is 7.05 Å². The third kappa shape index (κ3) is 8.62. The predicted octanol–water partition coefficient (Wildman–Crippen LogP) is 4.33. The summed E-state index contributed by atoms with van der Waals surface area (Å²) in [7, 11) is 1.79. The zero-order valence-corrected chi connectivity index (χ0v) is 22.1. The molecule has 0 unspecified atom stereocenters. The molecule has 188 valence electrons. The molecule has 0 spiro atoms. The zero-order valence-electron chi connectivity index (χ0n) is 21.2. The first-order valence-electron chi connectivity index (χ1n) is 11.8. The second-order valence-corrected chi connectivity index (χ2v) is 10.2. The number of hydrogen-bond acceptors (Lipinski definition) is 7. The first-order chi connectivity index (χ1) is 15.3. The highest BCUT2D eigenvalue weighted by Crippen LogP contribution is 2.32. The summed E-state index contributed by atoms with van der Waals surface area (Å²) in [5.74, 6) is -1.51. The lowest BCUT2D eigenvalue weighted by Gasteiger charge is -2.34. The molecule has 0 amide bonds. The van der Waals surface area contributed by atoms with Crippen LogP contribution < -0.4 is 5.32 Å². The summed E-state index contributed by atoms with van der Waals surface area (Å²) >= 11 is 4.19. The molecule has 33 heavy (non-hydrogen) atoms. The number of cyclic esters (lactones) is 1. The molecule has 0 aromatic heterocycles. The van der Waals surface area contributed by atoms with Gasteiger partial charge in [-0.1, -0.05) is 39.3 Å². The summed E-state index contributed by atoms with van der Waals surface area (Å²) in [5.41, 5.74) is 1.62. The van der Waals surface area contributed by atoms with Crippen LogP contribution >= 0.6 is 12.6 Å². The Kier molecular flexibility index (Phi) is 11.9. The summed E-state index contributed by atoms with van der Waals surface area (Å²) in [6.07, 6.45) is 4.20. The van der Waals surface area contributed by atoms with Crippen molar-refractivity contribution in [3.05, 3.63) is 34.4 Å². The molecule has 0 aromatic rings. The fourth-order valence-electron chi connectivity index (χ4n) is 4.14. The molecule has 0 aromatic carbocycles. The van der Waals surface area contributed by atoms with Crippen LogP contribution in [-0.4, -0.2) is 47.3 Å². The minimum atomic E-state index is -1.22. The van der Waals surface area contributed by atoms with Crippen LogP contribution in [-0.2, 0) is 14.3 Å². The van der Waals surface area contributed by atoms with E-state index in [9.17, 15) is 19.8 Å². The number of ether oxygens (including phenoxy) is 1. The van der Waals surface area contributed by atoms with Crippen LogP contribution in [0.3, 0.4) is 0 Å². The van der Waals surface area contributed by atoms with E-state index in [-0.39, 0.29) is 18.1 Å². The van der Waals surface area contributed by atoms with Crippen molar-refractivity contribution in [3.63, 3.8) is 0 Å². The van der Waals surface area contributed by atoms with Crippen LogP contribution in [0, 0.1) is 17.3 Å². The monoisotopic (exact) mass is 481 g/mol. The summed E-state index contributed by atoms with van der Waals surface area (Å²) in [6.45, 7) is 10.8. The molecular formula is C26H43NO5S. The number of nitrogens with one attached hydrogen (secondary N) is 1. The highest BCUT2D eigenvalue weighted by molar-refractivity contribution is 7.83. The quantitative estimate of drug-likeness (QED) is 0.207. The van der Waals surface area contributed by atoms with E-state index in [0.717, 1.165) is 30.5 Å². The average molecular weight is 482 g/mol. The van der Waals surface area contributed by atoms with Gasteiger partial charge in [-0.25, -0.2) is 0 Å². The lowest BCUT2D eigenvalue weighted by atomic mass is 9.73. The number of thiol groups is 1. The van der Waals surface area contributed by atoms with E-state index in [1.54, 1.807) is 33.2 Å². The van der Waals surface area contributed by atoms with E-state index in [2.05, 4.69) is 24.0 Å². The number of esters is 1. The van der Waals surface area contributed by atoms with Crippen LogP contribution in [0.5, 0.6) is 0 Å². The molecule has 3 N–H and O–H groups in total. The van der Waals surface area contributed by atoms with Gasteiger partial charge in [-0.2, -0.15) is 0 Å². The lowest BCUT2D eigenvalue weighted by Crippen LogP contribution is -2.45. The van der Waals surface area contributed by atoms with Crippen molar-refractivity contribution in [2.45, 2.75) is 92.0 Å². The smallest absolute Gasteiger partial charge is 0.309 e. The number of rotatable bonds is 3. The molecule has 7 heteroatoms. The Hall–Kier alpha value is -1.57. The highest BCUT2D eigenvalue weighted by Gasteiger charge is 2.42. The fraction of sp³-hybridized carbons (Fsp3) is 0.692. The molecule has 1 aliphatic heterocycles. The van der Waals surface area contributed by atoms with Crippen molar-refractivity contribution in [2.24, 2.45) is 17.3 Å². The Morgan fingerprint density at radius 3 is 2.48 bits per heavy atom. The molecule has 1 aliphatic rings. The first kappa shape index (κ1) is 29.5. The van der Waals surface area contributed by atoms with Crippen LogP contribution in [0.1, 0.15) is 73.6 Å². The van der Waals surface area contributed by atoms with Crippen LogP contribution in [0.2, 0.25) is 0 Å². The molecule has 6 nitrogen and oxygen atoms in total. The van der Waals surface area contributed by atoms with Crippen LogP contribution in [0.15, 0.2) is 34.4 Å². The molecule has 0 fully saturated rings. The van der Waals surface area contributed by atoms with Gasteiger partial charge < -0.3 is 20.3 Å². The van der Waals surface area contributed by atoms with Gasteiger partial charge in [-0.3, -0.25) is 9.59 Å². The van der Waals surface area contributed by atoms with Crippen LogP contribution in [0.25, 0.3) is 0 Å². The average Bonchev–Trinajstić information content (AvgIpc) is 2.77. The van der Waals surface area contributed by atoms with Crippen molar-refractivity contribution in [1.82, 2.24) is 5.32 Å². The Morgan fingerprint density at radius 1 is 1.27 bits per heavy atom. The van der Waals surface area contributed by atoms with E-state index in [0.29, 0.717) is 6.42 Å². The molecule has 1 heterocycles. The van der Waals surface area contributed by atoms with Gasteiger partial charge in [-0.05, 0) is 56.1 Å². The minimum Gasteiger partial charge on any atom is -0.457 e. The summed E-state index contributed by atoms with van der Waals surface area (Å²) in [4.78, 5) is 25.9. The number of ketones is 1. The molecule has 5 atom stereocenters. The van der Waals surface area contributed by atoms with Gasteiger partial charge in [0.1, 0.15) is 11.9 Å². The number of allylic oxidation sites excluding steroid dienone is 2. The second-order valence-electron chi connectivity index (χ2n) is 9.94. The normalized spacial score (nSPS) is 33.2. The largest absolute Gasteiger partial charge is 0.457 e. The second kappa shape index (κ2) is 13.4. The summed E-state index contributed by atoms with van der Waals surface area (Å²) in [6, 6.07) is 0. The Bertz CT molecular complexity index is 771. The number of hydrogen-bond donors (Lipinski definition) is 4. The third-order valence-corrected chi connectivity index (χ3v) is 7.12. The minimum absolute atomic E-state index is 0.0477. The van der Waals surface area contributed by atoms with Gasteiger partial charge in [0.2, 0.25) is 0 Å². The van der Waals surface area contributed by atoms with Crippen molar-refractivity contribution >= 4 is 24.4 Å². The van der Waals surface area contributed by atoms with Gasteiger partial charge in [0.15, 0.2) is 0 Å². The summed E-state index contributed by atoms with van der Waals surface area (Å²) in [5, 5.41) is 26.2. The van der Waals surface area contributed by atoms with Gasteiger partial charge in [-0.15, -0.1) is 12.6 Å². The molecule has 0 radical (unpaired) electrons. The molecule has 0 bridgehead atoms. The standard InChI is InChI=1S/C26H43NO5S/c1-16-9-8-10-17(2)24(30)19(4)25(31)26(5,6)22(28)14-23(29)32-21(12-11-16)18(3)13-20(15-33)27-7/h11,13,15,17,19,21-22,24,27-28,30,33H,8-10,12,14H2,1-7H3/b16-11-,18-13+,20-15-/t17-,19+,21-,22-,24-/m0/s1. The van der Waals surface area contributed by atoms with Crippen LogP contribution in [0.4, 0.5) is 0 Å². The van der Waals surface area contributed by atoms with E-state index in [4.69, 9.17) is 4.74 Å². The van der Waals surface area contributed by atoms with E-state index < -0.39 is 35.6 Å². The van der Waals surface area contributed by atoms with E-state index in [1.807, 2.05) is 26.8 Å². The maximum Gasteiger partial charge on any atom is 0.309 e. The third-order valence-electron chi connectivity index (χ3n) is 6.84. The van der Waals surface area contributed by atoms with Crippen molar-refractivity contribution in [1.29, 1.82) is 0 Å². The number of carbonyl (C=O) groups is 2. The Morgan fingerprint density at radius 2 is 1.91 bits per heavy atom. The lowest BCUT2D eigenvalue weighted by molar-refractivity contribution is -0.154. The van der Waals surface area contributed by atoms with E-state index >= 15 is 0 Å². The predicted molar refractivity (Wildman–Crippen MR) is 136 cm³/mol. The van der Waals surface area contributed by atoms with Gasteiger partial charge in [0.25, 0.3) is 0 Å². The van der Waals surface area contributed by atoms with Gasteiger partial charge in [0.05, 0.1) is 24.0 Å². The Balaban J connectivity index is 3.27. The molecule has 0 saturated heterocycles. The SMILES string of the molecule is CNC(=C\S)/C=C(\C)[C@@H]1C/C=C(/C)CCC[C@H](C)[C@H](O)[C@@H](C)C(=O)C(C)(C)[C@@H](O)CC(=O)O1. The number of likely N-dealkylation sites (N-methyl/N-ethyl adjacent to an activating group) is 1. The molecule has 1 rings (SSSR count). The van der Waals surface area contributed by atoms with Gasteiger partial charge in [0, 0.05) is 25.1 Å². The maximum absolute atomic E-state index is 13.1. The topological polar surface area (TPSA) is 95.9 Å². The van der Waals surface area contributed by atoms with Gasteiger partial charge >= 0.3 is 5.97 Å². The molecule has 0 saturated carbocycles. The number of aliphatic hydroxyl groups is 2. The fourth-order valence-corrected chi connectivity index (χ4v) is 4.35. The summed E-state index contributed by atoms with van der Waals surface area (Å²) < 4.78 is 5.76. The highest BCUT2D eigenvalue weighted by atomic mass is 32.1. The van der Waals surface area contributed by atoms with Crippen molar-refractivity contribution in [3.8, 4) is 0 Å². The number of Topliss-reactive ketones (excluding diaryl/α,β-unsaturated/α-hetero) is 1. The van der Waals surface area contributed by atoms with E-state index in [1.165, 1.54) is 5.57 Å². The zero-order chi connectivity index (χ0) is 25.3. The van der Waals surface area contributed by atoms with Crippen molar-refractivity contribution < 1.29 is 24.5 Å². The number of carbonyl (C=O) groups excluding carboxylic acids is 2.